The highest BCUT2D eigenvalue weighted by molar-refractivity contribution is 6.03. The molecule has 0 amide bonds. The quantitative estimate of drug-likeness (QED) is 0.133. The van der Waals surface area contributed by atoms with Gasteiger partial charge in [-0.3, -0.25) is 0 Å². The molecule has 0 aliphatic heterocycles. The Morgan fingerprint density at radius 2 is 1.61 bits per heavy atom. The van der Waals surface area contributed by atoms with Gasteiger partial charge in [-0.25, -0.2) is 26.7 Å². The molecule has 0 atom stereocenters. The van der Waals surface area contributed by atoms with Gasteiger partial charge in [0, 0.05) is 12.7 Å². The summed E-state index contributed by atoms with van der Waals surface area (Å²) < 4.78 is 72.0. The van der Waals surface area contributed by atoms with Crippen LogP contribution >= 0.6 is 0 Å². The van der Waals surface area contributed by atoms with Crippen molar-refractivity contribution < 1.29 is 36.3 Å². The van der Waals surface area contributed by atoms with Crippen molar-refractivity contribution in [3.63, 3.8) is 0 Å². The van der Waals surface area contributed by atoms with E-state index in [0.717, 1.165) is 5.56 Å². The van der Waals surface area contributed by atoms with E-state index in [2.05, 4.69) is 16.6 Å². The van der Waals surface area contributed by atoms with Crippen LogP contribution in [0.5, 0.6) is 0 Å². The molecule has 0 saturated heterocycles. The summed E-state index contributed by atoms with van der Waals surface area (Å²) in [6, 6.07) is 6.78. The zero-order valence-electron chi connectivity index (χ0n) is 14.6. The number of rotatable bonds is 7. The number of nitrogens with zero attached hydrogens (tertiary/aromatic N) is 1. The van der Waals surface area contributed by atoms with Crippen LogP contribution in [0, 0.1) is 29.1 Å². The average Bonchev–Trinajstić information content (AvgIpc) is 2.69. The Balaban J connectivity index is 2.42. The molecule has 0 bridgehead atoms. The smallest absolute Gasteiger partial charge is 0.371 e. The van der Waals surface area contributed by atoms with Crippen molar-refractivity contribution in [2.24, 2.45) is 5.16 Å². The Morgan fingerprint density at radius 3 is 2.18 bits per heavy atom. The molecule has 0 aliphatic carbocycles. The molecule has 0 unspecified atom stereocenters. The van der Waals surface area contributed by atoms with Gasteiger partial charge in [-0.05, 0) is 12.0 Å². The fourth-order valence-corrected chi connectivity index (χ4v) is 2.35. The maximum absolute atomic E-state index is 13.7. The summed E-state index contributed by atoms with van der Waals surface area (Å²) in [4.78, 5) is 16.4. The molecule has 148 valence electrons. The second kappa shape index (κ2) is 9.23. The maximum atomic E-state index is 13.7. The summed E-state index contributed by atoms with van der Waals surface area (Å²) in [5.74, 6) is -13.4. The van der Waals surface area contributed by atoms with Crippen molar-refractivity contribution in [1.82, 2.24) is 0 Å². The van der Waals surface area contributed by atoms with E-state index in [0.29, 0.717) is 12.0 Å². The molecule has 0 aliphatic rings. The number of halogens is 5. The zero-order chi connectivity index (χ0) is 20.8. The zero-order valence-corrected chi connectivity index (χ0v) is 14.6. The number of hydrogen-bond acceptors (Lipinski definition) is 4. The third-order valence-corrected chi connectivity index (χ3v) is 3.63. The van der Waals surface area contributed by atoms with E-state index < -0.39 is 40.6 Å². The topological polar surface area (TPSA) is 47.9 Å². The molecule has 0 heterocycles. The van der Waals surface area contributed by atoms with Crippen molar-refractivity contribution >= 4 is 11.7 Å². The van der Waals surface area contributed by atoms with E-state index in [1.807, 2.05) is 0 Å². The third kappa shape index (κ3) is 4.25. The molecule has 4 nitrogen and oxygen atoms in total. The molecular weight excluding hydrogens is 385 g/mol. The predicted octanol–water partition coefficient (Wildman–Crippen LogP) is 4.32. The lowest BCUT2D eigenvalue weighted by Crippen LogP contribution is -2.16. The van der Waals surface area contributed by atoms with Gasteiger partial charge in [0.1, 0.15) is 11.3 Å². The molecule has 0 aromatic heterocycles. The number of carbonyl (C=O) groups excluding carboxylic acids is 1. The molecular formula is C19H14F5NO3. The van der Waals surface area contributed by atoms with Gasteiger partial charge in [0.2, 0.25) is 5.82 Å². The van der Waals surface area contributed by atoms with Crippen molar-refractivity contribution in [3.05, 3.63) is 82.7 Å². The predicted molar refractivity (Wildman–Crippen MR) is 90.4 cm³/mol. The van der Waals surface area contributed by atoms with E-state index in [-0.39, 0.29) is 12.3 Å². The Hall–Kier alpha value is -3.07. The SMILES string of the molecule is C=CCc1ccccc1/C(COC)=N\OC(=O)c1c(F)c(F)c(F)c(F)c1F. The number of hydrogen-bond donors (Lipinski definition) is 0. The van der Waals surface area contributed by atoms with Gasteiger partial charge < -0.3 is 9.57 Å². The molecule has 28 heavy (non-hydrogen) atoms. The van der Waals surface area contributed by atoms with Gasteiger partial charge in [-0.1, -0.05) is 35.5 Å². The highest BCUT2D eigenvalue weighted by Crippen LogP contribution is 2.24. The van der Waals surface area contributed by atoms with Crippen LogP contribution in [0.4, 0.5) is 22.0 Å². The van der Waals surface area contributed by atoms with E-state index in [1.54, 1.807) is 30.3 Å². The lowest BCUT2D eigenvalue weighted by molar-refractivity contribution is 0.0498. The van der Waals surface area contributed by atoms with Gasteiger partial charge in [-0.15, -0.1) is 6.58 Å². The number of allylic oxidation sites excluding steroid dienone is 1. The number of methoxy groups -OCH3 is 1. The van der Waals surface area contributed by atoms with Gasteiger partial charge in [-0.2, -0.15) is 0 Å². The molecule has 0 spiro atoms. The summed E-state index contributed by atoms with van der Waals surface area (Å²) in [6.45, 7) is 3.46. The largest absolute Gasteiger partial charge is 0.378 e. The van der Waals surface area contributed by atoms with Crippen LogP contribution in [0.15, 0.2) is 42.1 Å². The second-order valence-electron chi connectivity index (χ2n) is 5.44. The number of benzene rings is 2. The molecule has 9 heteroatoms. The minimum absolute atomic E-state index is 0.0668. The van der Waals surface area contributed by atoms with Crippen molar-refractivity contribution in [1.29, 1.82) is 0 Å². The Kier molecular flexibility index (Phi) is 7.00. The summed E-state index contributed by atoms with van der Waals surface area (Å²) in [5.41, 5.74) is -0.441. The number of carbonyl (C=O) groups is 1. The molecule has 0 radical (unpaired) electrons. The fraction of sp³-hybridized carbons (Fsp3) is 0.158. The minimum atomic E-state index is -2.38. The van der Waals surface area contributed by atoms with Crippen LogP contribution in [-0.2, 0) is 16.0 Å². The van der Waals surface area contributed by atoms with Gasteiger partial charge in [0.25, 0.3) is 0 Å². The van der Waals surface area contributed by atoms with Crippen molar-refractivity contribution in [3.8, 4) is 0 Å². The van der Waals surface area contributed by atoms with Gasteiger partial charge >= 0.3 is 5.97 Å². The van der Waals surface area contributed by atoms with Crippen LogP contribution in [0.25, 0.3) is 0 Å². The second-order valence-corrected chi connectivity index (χ2v) is 5.44. The molecule has 0 fully saturated rings. The van der Waals surface area contributed by atoms with Crippen LogP contribution in [0.3, 0.4) is 0 Å². The first-order valence-corrected chi connectivity index (χ1v) is 7.81. The normalized spacial score (nSPS) is 11.4. The first-order valence-electron chi connectivity index (χ1n) is 7.81. The Bertz CT molecular complexity index is 914. The lowest BCUT2D eigenvalue weighted by Gasteiger charge is -2.10. The van der Waals surface area contributed by atoms with Crippen LogP contribution in [-0.4, -0.2) is 25.4 Å². The Labute approximate surface area is 156 Å². The van der Waals surface area contributed by atoms with E-state index in [1.165, 1.54) is 7.11 Å². The summed E-state index contributed by atoms with van der Waals surface area (Å²) in [5, 5.41) is 3.50. The van der Waals surface area contributed by atoms with Crippen LogP contribution in [0.2, 0.25) is 0 Å². The van der Waals surface area contributed by atoms with Gasteiger partial charge in [0.15, 0.2) is 23.3 Å². The van der Waals surface area contributed by atoms with Crippen molar-refractivity contribution in [2.45, 2.75) is 6.42 Å². The highest BCUT2D eigenvalue weighted by atomic mass is 19.2. The first-order chi connectivity index (χ1) is 13.3. The fourth-order valence-electron chi connectivity index (χ4n) is 2.35. The van der Waals surface area contributed by atoms with Gasteiger partial charge in [0.05, 0.1) is 6.61 Å². The first kappa shape index (κ1) is 21.2. The van der Waals surface area contributed by atoms with E-state index in [4.69, 9.17) is 4.74 Å². The summed E-state index contributed by atoms with van der Waals surface area (Å²) in [7, 11) is 1.33. The molecule has 2 rings (SSSR count). The van der Waals surface area contributed by atoms with Crippen molar-refractivity contribution in [2.75, 3.05) is 13.7 Å². The molecule has 2 aromatic rings. The molecule has 0 N–H and O–H groups in total. The highest BCUT2D eigenvalue weighted by Gasteiger charge is 2.31. The van der Waals surface area contributed by atoms with Crippen LogP contribution < -0.4 is 0 Å². The maximum Gasteiger partial charge on any atom is 0.371 e. The van der Waals surface area contributed by atoms with Crippen LogP contribution in [0.1, 0.15) is 21.5 Å². The molecule has 0 saturated carbocycles. The average molecular weight is 399 g/mol. The number of oxime groups is 1. The monoisotopic (exact) mass is 399 g/mol. The summed E-state index contributed by atoms with van der Waals surface area (Å²) in [6.07, 6.45) is 2.05. The number of ether oxygens (including phenoxy) is 1. The lowest BCUT2D eigenvalue weighted by atomic mass is 10.0. The van der Waals surface area contributed by atoms with E-state index >= 15 is 0 Å². The van der Waals surface area contributed by atoms with E-state index in [9.17, 15) is 26.7 Å². The summed E-state index contributed by atoms with van der Waals surface area (Å²) >= 11 is 0. The molecule has 2 aromatic carbocycles. The standard InChI is InChI=1S/C19H14F5NO3/c1-3-6-10-7-4-5-8-11(10)12(9-27-2)25-28-19(26)13-14(20)16(22)18(24)17(23)15(13)21/h3-5,7-8H,1,6,9H2,2H3/b25-12-. The minimum Gasteiger partial charge on any atom is -0.378 e. The third-order valence-electron chi connectivity index (χ3n) is 3.63. The Morgan fingerprint density at radius 1 is 1.04 bits per heavy atom.